The molecule has 0 unspecified atom stereocenters. The summed E-state index contributed by atoms with van der Waals surface area (Å²) in [5.74, 6) is 2.45. The molecule has 4 rings (SSSR count). The summed E-state index contributed by atoms with van der Waals surface area (Å²) in [5, 5.41) is 0.945. The molecule has 0 radical (unpaired) electrons. The van der Waals surface area contributed by atoms with Crippen LogP contribution in [0.15, 0.2) is 47.8 Å². The number of piperazine rings is 1. The Morgan fingerprint density at radius 3 is 2.52 bits per heavy atom. The lowest BCUT2D eigenvalue weighted by atomic mass is 10.1. The molecule has 1 aliphatic heterocycles. The van der Waals surface area contributed by atoms with Gasteiger partial charge in [-0.05, 0) is 18.4 Å². The van der Waals surface area contributed by atoms with Gasteiger partial charge in [0.05, 0.1) is 12.4 Å². The fourth-order valence-corrected chi connectivity index (χ4v) is 4.68. The lowest BCUT2D eigenvalue weighted by Gasteiger charge is -2.36. The minimum atomic E-state index is 0.272. The Labute approximate surface area is 165 Å². The van der Waals surface area contributed by atoms with Gasteiger partial charge in [-0.1, -0.05) is 43.2 Å². The Kier molecular flexibility index (Phi) is 5.92. The van der Waals surface area contributed by atoms with Crippen LogP contribution in [-0.2, 0) is 10.5 Å². The van der Waals surface area contributed by atoms with Crippen molar-refractivity contribution in [3.05, 3.63) is 48.3 Å². The second-order valence-electron chi connectivity index (χ2n) is 7.28. The van der Waals surface area contributed by atoms with E-state index in [9.17, 15) is 4.79 Å². The van der Waals surface area contributed by atoms with Gasteiger partial charge in [-0.25, -0.2) is 4.98 Å². The summed E-state index contributed by atoms with van der Waals surface area (Å²) >= 11 is 1.71. The maximum Gasteiger partial charge on any atom is 0.225 e. The molecule has 0 bridgehead atoms. The molecule has 1 aromatic heterocycles. The molecule has 27 heavy (non-hydrogen) atoms. The lowest BCUT2D eigenvalue weighted by Crippen LogP contribution is -2.50. The van der Waals surface area contributed by atoms with Crippen LogP contribution in [0, 0.1) is 5.92 Å². The molecule has 1 aromatic carbocycles. The van der Waals surface area contributed by atoms with Gasteiger partial charge in [0.15, 0.2) is 0 Å². The van der Waals surface area contributed by atoms with Crippen LogP contribution in [0.5, 0.6) is 0 Å². The van der Waals surface area contributed by atoms with Crippen molar-refractivity contribution >= 4 is 23.5 Å². The summed E-state index contributed by atoms with van der Waals surface area (Å²) < 4.78 is 0. The highest BCUT2D eigenvalue weighted by molar-refractivity contribution is 7.98. The number of carbonyl (C=O) groups excluding carboxylic acids is 1. The highest BCUT2D eigenvalue weighted by atomic mass is 32.2. The molecule has 1 saturated heterocycles. The van der Waals surface area contributed by atoms with Crippen molar-refractivity contribution in [1.82, 2.24) is 14.9 Å². The van der Waals surface area contributed by atoms with Crippen LogP contribution in [0.2, 0.25) is 0 Å². The van der Waals surface area contributed by atoms with Crippen LogP contribution in [0.4, 0.5) is 5.82 Å². The second kappa shape index (κ2) is 8.74. The number of benzene rings is 1. The molecule has 142 valence electrons. The summed E-state index contributed by atoms with van der Waals surface area (Å²) in [6.07, 6.45) is 8.23. The third-order valence-corrected chi connectivity index (χ3v) is 6.42. The maximum absolute atomic E-state index is 12.6. The predicted octanol–water partition coefficient (Wildman–Crippen LogP) is 3.61. The van der Waals surface area contributed by atoms with Crippen LogP contribution in [0.1, 0.15) is 31.2 Å². The highest BCUT2D eigenvalue weighted by Crippen LogP contribution is 2.27. The van der Waals surface area contributed by atoms with E-state index in [0.29, 0.717) is 5.91 Å². The number of nitrogens with zero attached hydrogens (tertiary/aromatic N) is 4. The summed E-state index contributed by atoms with van der Waals surface area (Å²) in [4.78, 5) is 26.1. The number of rotatable bonds is 5. The van der Waals surface area contributed by atoms with Crippen LogP contribution in [0.3, 0.4) is 0 Å². The third kappa shape index (κ3) is 4.61. The highest BCUT2D eigenvalue weighted by Gasteiger charge is 2.29. The topological polar surface area (TPSA) is 49.3 Å². The number of thioether (sulfide) groups is 1. The Morgan fingerprint density at radius 1 is 1.04 bits per heavy atom. The Balaban J connectivity index is 1.32. The first kappa shape index (κ1) is 18.3. The smallest absolute Gasteiger partial charge is 0.225 e. The van der Waals surface area contributed by atoms with E-state index < -0.39 is 0 Å². The molecule has 5 nitrogen and oxygen atoms in total. The predicted molar refractivity (Wildman–Crippen MR) is 109 cm³/mol. The van der Waals surface area contributed by atoms with Gasteiger partial charge in [0.1, 0.15) is 10.8 Å². The number of aromatic nitrogens is 2. The van der Waals surface area contributed by atoms with Gasteiger partial charge in [-0.15, -0.1) is 11.8 Å². The zero-order valence-corrected chi connectivity index (χ0v) is 16.4. The second-order valence-corrected chi connectivity index (χ2v) is 8.28. The molecule has 1 aliphatic carbocycles. The van der Waals surface area contributed by atoms with E-state index in [1.165, 1.54) is 18.4 Å². The minimum absolute atomic E-state index is 0.272. The standard InChI is InChI=1S/C21H26N4OS/c26-21(18-8-4-5-9-18)25-12-10-24(11-13-25)19-14-22-15-20(23-19)27-16-17-6-2-1-3-7-17/h1-3,6-7,14-15,18H,4-5,8-13,16H2. The van der Waals surface area contributed by atoms with Crippen molar-refractivity contribution in [2.45, 2.75) is 36.5 Å². The Morgan fingerprint density at radius 2 is 1.78 bits per heavy atom. The fraction of sp³-hybridized carbons (Fsp3) is 0.476. The van der Waals surface area contributed by atoms with Crippen molar-refractivity contribution < 1.29 is 4.79 Å². The van der Waals surface area contributed by atoms with Crippen molar-refractivity contribution in [2.24, 2.45) is 5.92 Å². The van der Waals surface area contributed by atoms with Gasteiger partial charge in [0, 0.05) is 37.8 Å². The fourth-order valence-electron chi connectivity index (χ4n) is 3.88. The molecular formula is C21H26N4OS. The molecule has 0 spiro atoms. The van der Waals surface area contributed by atoms with Crippen molar-refractivity contribution in [1.29, 1.82) is 0 Å². The molecule has 2 aromatic rings. The van der Waals surface area contributed by atoms with Crippen LogP contribution in [-0.4, -0.2) is 47.0 Å². The average molecular weight is 383 g/mol. The zero-order chi connectivity index (χ0) is 18.5. The molecule has 1 saturated carbocycles. The van der Waals surface area contributed by atoms with E-state index in [2.05, 4.69) is 34.1 Å². The van der Waals surface area contributed by atoms with Crippen molar-refractivity contribution in [3.63, 3.8) is 0 Å². The molecule has 1 amide bonds. The van der Waals surface area contributed by atoms with Crippen LogP contribution < -0.4 is 4.90 Å². The first-order valence-electron chi connectivity index (χ1n) is 9.82. The monoisotopic (exact) mass is 382 g/mol. The summed E-state index contributed by atoms with van der Waals surface area (Å²) in [7, 11) is 0. The van der Waals surface area contributed by atoms with Gasteiger partial charge >= 0.3 is 0 Å². The number of hydrogen-bond acceptors (Lipinski definition) is 5. The van der Waals surface area contributed by atoms with E-state index in [-0.39, 0.29) is 5.92 Å². The van der Waals surface area contributed by atoms with Gasteiger partial charge in [-0.3, -0.25) is 9.78 Å². The first-order chi connectivity index (χ1) is 13.3. The van der Waals surface area contributed by atoms with E-state index in [0.717, 1.165) is 55.6 Å². The largest absolute Gasteiger partial charge is 0.352 e. The number of hydrogen-bond donors (Lipinski definition) is 0. The van der Waals surface area contributed by atoms with Gasteiger partial charge in [0.2, 0.25) is 5.91 Å². The Hall–Kier alpha value is -2.08. The quantitative estimate of drug-likeness (QED) is 0.740. The molecule has 6 heteroatoms. The Bertz CT molecular complexity index is 756. The number of amides is 1. The molecular weight excluding hydrogens is 356 g/mol. The number of carbonyl (C=O) groups is 1. The number of anilines is 1. The van der Waals surface area contributed by atoms with Crippen molar-refractivity contribution in [2.75, 3.05) is 31.1 Å². The minimum Gasteiger partial charge on any atom is -0.352 e. The molecule has 2 heterocycles. The van der Waals surface area contributed by atoms with Gasteiger partial charge in [-0.2, -0.15) is 0 Å². The first-order valence-corrected chi connectivity index (χ1v) is 10.8. The van der Waals surface area contributed by atoms with E-state index in [1.54, 1.807) is 11.8 Å². The van der Waals surface area contributed by atoms with Gasteiger partial charge in [0.25, 0.3) is 0 Å². The van der Waals surface area contributed by atoms with Crippen molar-refractivity contribution in [3.8, 4) is 0 Å². The molecule has 0 atom stereocenters. The van der Waals surface area contributed by atoms with Gasteiger partial charge < -0.3 is 9.80 Å². The van der Waals surface area contributed by atoms with Crippen LogP contribution in [0.25, 0.3) is 0 Å². The van der Waals surface area contributed by atoms with E-state index in [4.69, 9.17) is 4.98 Å². The SMILES string of the molecule is O=C(C1CCCC1)N1CCN(c2cncc(SCc3ccccc3)n2)CC1. The lowest BCUT2D eigenvalue weighted by molar-refractivity contribution is -0.135. The maximum atomic E-state index is 12.6. The van der Waals surface area contributed by atoms with Crippen LogP contribution >= 0.6 is 11.8 Å². The van der Waals surface area contributed by atoms with E-state index >= 15 is 0 Å². The summed E-state index contributed by atoms with van der Waals surface area (Å²) in [6, 6.07) is 10.4. The molecule has 2 aliphatic rings. The molecule has 2 fully saturated rings. The average Bonchev–Trinajstić information content (AvgIpc) is 3.28. The summed E-state index contributed by atoms with van der Waals surface area (Å²) in [5.41, 5.74) is 1.29. The third-order valence-electron chi connectivity index (χ3n) is 5.45. The van der Waals surface area contributed by atoms with E-state index in [1.807, 2.05) is 23.4 Å². The molecule has 0 N–H and O–H groups in total. The normalized spacial score (nSPS) is 18.1. The summed E-state index contributed by atoms with van der Waals surface area (Å²) in [6.45, 7) is 3.25. The zero-order valence-electron chi connectivity index (χ0n) is 15.6.